The fourth-order valence-corrected chi connectivity index (χ4v) is 1.73. The monoisotopic (exact) mass is 193 g/mol. The lowest BCUT2D eigenvalue weighted by atomic mass is 10.1. The van der Waals surface area contributed by atoms with Crippen molar-refractivity contribution in [3.63, 3.8) is 0 Å². The van der Waals surface area contributed by atoms with E-state index in [-0.39, 0.29) is 11.6 Å². The molecule has 3 heteroatoms. The van der Waals surface area contributed by atoms with Crippen molar-refractivity contribution in [1.29, 1.82) is 0 Å². The first-order valence-electron chi connectivity index (χ1n) is 4.78. The van der Waals surface area contributed by atoms with Gasteiger partial charge in [0, 0.05) is 18.7 Å². The standard InChI is InChI=1S/C11H12FNO/c12-9-3-1-4-10(7-9)13-6-2-5-11(14)8-13/h1,3-4,7H,2,5-6,8H2. The summed E-state index contributed by atoms with van der Waals surface area (Å²) in [7, 11) is 0. The largest absolute Gasteiger partial charge is 0.364 e. The van der Waals surface area contributed by atoms with Crippen molar-refractivity contribution < 1.29 is 9.18 Å². The third-order valence-electron chi connectivity index (χ3n) is 2.42. The van der Waals surface area contributed by atoms with Crippen molar-refractivity contribution in [2.24, 2.45) is 0 Å². The lowest BCUT2D eigenvalue weighted by molar-refractivity contribution is -0.118. The Balaban J connectivity index is 2.17. The summed E-state index contributed by atoms with van der Waals surface area (Å²) in [4.78, 5) is 13.1. The molecule has 0 aromatic heterocycles. The second kappa shape index (κ2) is 3.78. The minimum atomic E-state index is -0.250. The summed E-state index contributed by atoms with van der Waals surface area (Å²) in [6, 6.07) is 6.39. The fraction of sp³-hybridized carbons (Fsp3) is 0.364. The number of carbonyl (C=O) groups excluding carboxylic acids is 1. The molecule has 0 aliphatic carbocycles. The molecule has 0 unspecified atom stereocenters. The Morgan fingerprint density at radius 1 is 1.36 bits per heavy atom. The van der Waals surface area contributed by atoms with Gasteiger partial charge in [0.05, 0.1) is 6.54 Å². The van der Waals surface area contributed by atoms with Crippen LogP contribution in [0.5, 0.6) is 0 Å². The Kier molecular flexibility index (Phi) is 2.48. The van der Waals surface area contributed by atoms with Crippen LogP contribution in [0.15, 0.2) is 24.3 Å². The summed E-state index contributed by atoms with van der Waals surface area (Å²) >= 11 is 0. The van der Waals surface area contributed by atoms with Gasteiger partial charge in [0.15, 0.2) is 5.78 Å². The number of piperidine rings is 1. The van der Waals surface area contributed by atoms with Crippen molar-refractivity contribution in [3.05, 3.63) is 30.1 Å². The lowest BCUT2D eigenvalue weighted by Crippen LogP contribution is -2.35. The number of hydrogen-bond donors (Lipinski definition) is 0. The first-order chi connectivity index (χ1) is 6.75. The summed E-state index contributed by atoms with van der Waals surface area (Å²) in [5.74, 6) is -0.0129. The average molecular weight is 193 g/mol. The third-order valence-corrected chi connectivity index (χ3v) is 2.42. The Morgan fingerprint density at radius 2 is 2.21 bits per heavy atom. The highest BCUT2D eigenvalue weighted by atomic mass is 19.1. The van der Waals surface area contributed by atoms with Crippen LogP contribution in [0.4, 0.5) is 10.1 Å². The van der Waals surface area contributed by atoms with Gasteiger partial charge in [0.2, 0.25) is 0 Å². The van der Waals surface area contributed by atoms with Crippen molar-refractivity contribution in [1.82, 2.24) is 0 Å². The molecular formula is C11H12FNO. The molecule has 0 atom stereocenters. The quantitative estimate of drug-likeness (QED) is 0.679. The number of nitrogens with zero attached hydrogens (tertiary/aromatic N) is 1. The van der Waals surface area contributed by atoms with E-state index in [1.165, 1.54) is 12.1 Å². The molecule has 0 N–H and O–H groups in total. The van der Waals surface area contributed by atoms with E-state index in [4.69, 9.17) is 0 Å². The van der Waals surface area contributed by atoms with E-state index in [1.54, 1.807) is 6.07 Å². The zero-order valence-corrected chi connectivity index (χ0v) is 7.87. The molecule has 2 nitrogen and oxygen atoms in total. The summed E-state index contributed by atoms with van der Waals surface area (Å²) in [6.07, 6.45) is 1.53. The van der Waals surface area contributed by atoms with Crippen LogP contribution in [0.25, 0.3) is 0 Å². The molecule has 1 heterocycles. The maximum atomic E-state index is 12.9. The molecule has 1 aliphatic heterocycles. The van der Waals surface area contributed by atoms with Crippen LogP contribution in [0.1, 0.15) is 12.8 Å². The molecule has 0 bridgehead atoms. The molecule has 1 aromatic carbocycles. The highest BCUT2D eigenvalue weighted by molar-refractivity contribution is 5.84. The molecule has 1 saturated heterocycles. The first-order valence-corrected chi connectivity index (χ1v) is 4.78. The Labute approximate surface area is 82.3 Å². The minimum Gasteiger partial charge on any atom is -0.364 e. The van der Waals surface area contributed by atoms with Crippen LogP contribution in [0.2, 0.25) is 0 Å². The van der Waals surface area contributed by atoms with Crippen LogP contribution in [-0.4, -0.2) is 18.9 Å². The summed E-state index contributed by atoms with van der Waals surface area (Å²) in [6.45, 7) is 1.26. The minimum absolute atomic E-state index is 0.237. The number of ketones is 1. The third kappa shape index (κ3) is 1.92. The maximum Gasteiger partial charge on any atom is 0.152 e. The highest BCUT2D eigenvalue weighted by Crippen LogP contribution is 2.18. The number of benzene rings is 1. The van der Waals surface area contributed by atoms with E-state index >= 15 is 0 Å². The van der Waals surface area contributed by atoms with Gasteiger partial charge in [-0.1, -0.05) is 6.07 Å². The lowest BCUT2D eigenvalue weighted by Gasteiger charge is -2.27. The molecule has 1 aliphatic rings. The van der Waals surface area contributed by atoms with Crippen molar-refractivity contribution in [2.75, 3.05) is 18.0 Å². The number of rotatable bonds is 1. The zero-order valence-electron chi connectivity index (χ0n) is 7.87. The van der Waals surface area contributed by atoms with Gasteiger partial charge < -0.3 is 4.90 Å². The number of Topliss-reactive ketones (excluding diaryl/α,β-unsaturated/α-hetero) is 1. The number of carbonyl (C=O) groups is 1. The van der Waals surface area contributed by atoms with Gasteiger partial charge in [-0.2, -0.15) is 0 Å². The number of hydrogen-bond acceptors (Lipinski definition) is 2. The van der Waals surface area contributed by atoms with E-state index in [1.807, 2.05) is 11.0 Å². The first kappa shape index (κ1) is 9.19. The molecule has 74 valence electrons. The predicted octanol–water partition coefficient (Wildman–Crippen LogP) is 2.00. The number of anilines is 1. The number of halogens is 1. The molecular weight excluding hydrogens is 181 g/mol. The van der Waals surface area contributed by atoms with Crippen molar-refractivity contribution in [3.8, 4) is 0 Å². The van der Waals surface area contributed by atoms with Gasteiger partial charge in [-0.25, -0.2) is 4.39 Å². The van der Waals surface area contributed by atoms with E-state index in [2.05, 4.69) is 0 Å². The average Bonchev–Trinajstić information content (AvgIpc) is 2.18. The van der Waals surface area contributed by atoms with Crippen LogP contribution >= 0.6 is 0 Å². The van der Waals surface area contributed by atoms with Gasteiger partial charge in [0.25, 0.3) is 0 Å². The highest BCUT2D eigenvalue weighted by Gasteiger charge is 2.16. The molecule has 1 fully saturated rings. The molecule has 0 amide bonds. The molecule has 2 rings (SSSR count). The second-order valence-corrected chi connectivity index (χ2v) is 3.54. The SMILES string of the molecule is O=C1CCCN(c2cccc(F)c2)C1. The fourth-order valence-electron chi connectivity index (χ4n) is 1.73. The van der Waals surface area contributed by atoms with Gasteiger partial charge in [-0.15, -0.1) is 0 Å². The molecule has 0 saturated carbocycles. The summed E-state index contributed by atoms with van der Waals surface area (Å²) < 4.78 is 12.9. The van der Waals surface area contributed by atoms with E-state index in [0.29, 0.717) is 13.0 Å². The second-order valence-electron chi connectivity index (χ2n) is 3.54. The Bertz CT molecular complexity index is 351. The van der Waals surface area contributed by atoms with Crippen LogP contribution in [-0.2, 0) is 4.79 Å². The van der Waals surface area contributed by atoms with Gasteiger partial charge >= 0.3 is 0 Å². The van der Waals surface area contributed by atoms with Crippen molar-refractivity contribution in [2.45, 2.75) is 12.8 Å². The van der Waals surface area contributed by atoms with Crippen molar-refractivity contribution >= 4 is 11.5 Å². The van der Waals surface area contributed by atoms with Gasteiger partial charge in [-0.3, -0.25) is 4.79 Å². The van der Waals surface area contributed by atoms with Gasteiger partial charge in [-0.05, 0) is 24.6 Å². The molecule has 14 heavy (non-hydrogen) atoms. The van der Waals surface area contributed by atoms with E-state index < -0.39 is 0 Å². The zero-order chi connectivity index (χ0) is 9.97. The molecule has 0 radical (unpaired) electrons. The Morgan fingerprint density at radius 3 is 2.93 bits per heavy atom. The van der Waals surface area contributed by atoms with Crippen LogP contribution < -0.4 is 4.90 Å². The maximum absolute atomic E-state index is 12.9. The predicted molar refractivity (Wildman–Crippen MR) is 52.9 cm³/mol. The summed E-state index contributed by atoms with van der Waals surface area (Å²) in [5, 5.41) is 0. The van der Waals surface area contributed by atoms with E-state index in [0.717, 1.165) is 18.7 Å². The Hall–Kier alpha value is -1.38. The molecule has 1 aromatic rings. The van der Waals surface area contributed by atoms with Crippen LogP contribution in [0.3, 0.4) is 0 Å². The summed E-state index contributed by atoms with van der Waals surface area (Å²) in [5.41, 5.74) is 0.804. The van der Waals surface area contributed by atoms with E-state index in [9.17, 15) is 9.18 Å². The molecule has 0 spiro atoms. The van der Waals surface area contributed by atoms with Crippen LogP contribution in [0, 0.1) is 5.82 Å². The topological polar surface area (TPSA) is 20.3 Å². The van der Waals surface area contributed by atoms with Gasteiger partial charge in [0.1, 0.15) is 5.82 Å². The normalized spacial score (nSPS) is 17.2. The smallest absolute Gasteiger partial charge is 0.152 e.